The predicted molar refractivity (Wildman–Crippen MR) is 229 cm³/mol. The Labute approximate surface area is 356 Å². The lowest BCUT2D eigenvalue weighted by atomic mass is 10.0. The first-order valence-electron chi connectivity index (χ1n) is 20.4. The molecule has 0 radical (unpaired) electrons. The van der Waals surface area contributed by atoms with Gasteiger partial charge in [0, 0.05) is 37.0 Å². The highest BCUT2D eigenvalue weighted by molar-refractivity contribution is 6.00. The number of likely N-dealkylation sites (tertiary alicyclic amines) is 2. The van der Waals surface area contributed by atoms with Gasteiger partial charge in [0.2, 0.25) is 11.8 Å². The first kappa shape index (κ1) is 41.3. The topological polar surface area (TPSA) is 203 Å². The fourth-order valence-corrected chi connectivity index (χ4v) is 8.42. The number of rotatable bonds is 11. The van der Waals surface area contributed by atoms with E-state index in [0.29, 0.717) is 83.3 Å². The molecule has 6 aromatic rings. The number of ether oxygens (including phenoxy) is 1. The van der Waals surface area contributed by atoms with E-state index in [1.54, 1.807) is 65.7 Å². The zero-order valence-electron chi connectivity index (χ0n) is 34.4. The van der Waals surface area contributed by atoms with E-state index in [-0.39, 0.29) is 17.9 Å². The second-order valence-corrected chi connectivity index (χ2v) is 15.4. The van der Waals surface area contributed by atoms with Crippen molar-refractivity contribution < 1.29 is 38.2 Å². The van der Waals surface area contributed by atoms with Gasteiger partial charge >= 0.3 is 12.2 Å². The molecule has 4 N–H and O–H groups in total. The number of oxazole rings is 1. The molecule has 2 saturated heterocycles. The SMILES string of the molecule is COC(=O)N[C@@H](C(=O)N1CCC[C@H]1c1nc2ccc(-c3cnc(-c4cccc(NC(=O)[C@@H]5CCCN5C(=O)[C@@H](c5ccccc5)N(C)C(=O)O)c4C)o3)cc2[nH]1)c1ccccc1. The molecule has 0 bridgehead atoms. The first-order valence-corrected chi connectivity index (χ1v) is 20.4. The molecule has 5 amide bonds. The predicted octanol–water partition coefficient (Wildman–Crippen LogP) is 7.23. The quantitative estimate of drug-likeness (QED) is 0.103. The maximum absolute atomic E-state index is 14.0. The molecule has 4 aromatic carbocycles. The Morgan fingerprint density at radius 3 is 2.32 bits per heavy atom. The number of amides is 5. The number of carboxylic acid groups (broad SMARTS) is 1. The minimum atomic E-state index is -1.25. The summed E-state index contributed by atoms with van der Waals surface area (Å²) in [6.45, 7) is 2.67. The van der Waals surface area contributed by atoms with Gasteiger partial charge in [-0.1, -0.05) is 66.7 Å². The average Bonchev–Trinajstić information content (AvgIpc) is 4.13. The third kappa shape index (κ3) is 8.18. The summed E-state index contributed by atoms with van der Waals surface area (Å²) in [5.41, 5.74) is 5.25. The van der Waals surface area contributed by atoms with Crippen LogP contribution in [0.4, 0.5) is 15.3 Å². The largest absolute Gasteiger partial charge is 0.465 e. The maximum atomic E-state index is 14.0. The van der Waals surface area contributed by atoms with Crippen molar-refractivity contribution in [3.05, 3.63) is 126 Å². The van der Waals surface area contributed by atoms with Gasteiger partial charge in [-0.05, 0) is 79.6 Å². The lowest BCUT2D eigenvalue weighted by Gasteiger charge is -2.32. The molecule has 16 heteroatoms. The molecule has 2 aliphatic heterocycles. The summed E-state index contributed by atoms with van der Waals surface area (Å²) in [5, 5.41) is 15.5. The van der Waals surface area contributed by atoms with Crippen LogP contribution in [0.15, 0.2) is 108 Å². The number of benzene rings is 4. The number of nitrogens with one attached hydrogen (secondary N) is 3. The van der Waals surface area contributed by atoms with E-state index in [0.717, 1.165) is 22.4 Å². The normalized spacial score (nSPS) is 17.1. The van der Waals surface area contributed by atoms with E-state index >= 15 is 0 Å². The van der Waals surface area contributed by atoms with Crippen molar-refractivity contribution in [3.63, 3.8) is 0 Å². The lowest BCUT2D eigenvalue weighted by Crippen LogP contribution is -2.49. The summed E-state index contributed by atoms with van der Waals surface area (Å²) in [4.78, 5) is 83.1. The third-order valence-electron chi connectivity index (χ3n) is 11.7. The highest BCUT2D eigenvalue weighted by Gasteiger charge is 2.41. The monoisotopic (exact) mass is 838 g/mol. The van der Waals surface area contributed by atoms with Crippen LogP contribution < -0.4 is 10.6 Å². The van der Waals surface area contributed by atoms with E-state index in [1.165, 1.54) is 19.1 Å². The van der Waals surface area contributed by atoms with Crippen LogP contribution in [0, 0.1) is 6.92 Å². The molecule has 2 aromatic heterocycles. The summed E-state index contributed by atoms with van der Waals surface area (Å²) in [5.74, 6) is 0.386. The summed E-state index contributed by atoms with van der Waals surface area (Å²) in [7, 11) is 2.61. The van der Waals surface area contributed by atoms with E-state index < -0.39 is 36.2 Å². The van der Waals surface area contributed by atoms with Crippen LogP contribution in [-0.2, 0) is 19.1 Å². The van der Waals surface area contributed by atoms with E-state index in [2.05, 4.69) is 20.6 Å². The van der Waals surface area contributed by atoms with Gasteiger partial charge in [0.05, 0.1) is 30.4 Å². The van der Waals surface area contributed by atoms with Gasteiger partial charge in [-0.2, -0.15) is 0 Å². The number of aromatic amines is 1. The van der Waals surface area contributed by atoms with Gasteiger partial charge in [-0.15, -0.1) is 0 Å². The van der Waals surface area contributed by atoms with Crippen LogP contribution >= 0.6 is 0 Å². The van der Waals surface area contributed by atoms with Crippen molar-refractivity contribution >= 4 is 46.6 Å². The Morgan fingerprint density at radius 1 is 0.887 bits per heavy atom. The van der Waals surface area contributed by atoms with Gasteiger partial charge in [0.1, 0.15) is 23.9 Å². The number of hydrogen-bond acceptors (Lipinski definition) is 9. The zero-order valence-corrected chi connectivity index (χ0v) is 34.4. The standard InChI is InChI=1S/C46H46N8O8/c1-27-31(17-10-18-32(27)50-41(55)36-20-12-24-54(36)44(57)39(52(2)46(59)60)29-15-8-5-9-16-29)42-47-26-37(62-42)30-21-22-33-34(25-30)49-40(48-33)35-19-11-23-53(35)43(56)38(51-45(58)61-3)28-13-6-4-7-14-28/h4-10,13-18,21-22,25-26,35-36,38-39H,11-12,19-20,23-24H2,1-3H3,(H,48,49)(H,50,55)(H,51,58)(H,59,60)/t35-,36-,38+,39+/m0/s1. The van der Waals surface area contributed by atoms with Crippen LogP contribution in [0.2, 0.25) is 0 Å². The second-order valence-electron chi connectivity index (χ2n) is 15.4. The Hall–Kier alpha value is -7.49. The van der Waals surface area contributed by atoms with Crippen LogP contribution in [0.3, 0.4) is 0 Å². The average molecular weight is 839 g/mol. The molecule has 4 atom stereocenters. The summed E-state index contributed by atoms with van der Waals surface area (Å²) in [6, 6.07) is 25.7. The number of methoxy groups -OCH3 is 1. The molecule has 0 unspecified atom stereocenters. The highest BCUT2D eigenvalue weighted by Crippen LogP contribution is 2.36. The van der Waals surface area contributed by atoms with Crippen molar-refractivity contribution in [2.45, 2.75) is 56.8 Å². The Bertz CT molecular complexity index is 2630. The number of likely N-dealkylation sites (N-methyl/N-ethyl adjacent to an activating group) is 1. The molecule has 2 fully saturated rings. The molecular weight excluding hydrogens is 793 g/mol. The summed E-state index contributed by atoms with van der Waals surface area (Å²) >= 11 is 0. The number of imidazole rings is 1. The molecule has 318 valence electrons. The van der Waals surface area contributed by atoms with Crippen molar-refractivity contribution in [1.82, 2.24) is 35.0 Å². The van der Waals surface area contributed by atoms with Gasteiger partial charge in [0.25, 0.3) is 11.8 Å². The number of nitrogens with zero attached hydrogens (tertiary/aromatic N) is 5. The number of aromatic nitrogens is 3. The fourth-order valence-electron chi connectivity index (χ4n) is 8.42. The second kappa shape index (κ2) is 17.6. The van der Waals surface area contributed by atoms with Crippen LogP contribution in [0.5, 0.6) is 0 Å². The Kier molecular flexibility index (Phi) is 11.7. The maximum Gasteiger partial charge on any atom is 0.407 e. The minimum absolute atomic E-state index is 0.257. The van der Waals surface area contributed by atoms with Crippen LogP contribution in [0.1, 0.15) is 66.3 Å². The van der Waals surface area contributed by atoms with Gasteiger partial charge in [-0.25, -0.2) is 19.6 Å². The highest BCUT2D eigenvalue weighted by atomic mass is 16.5. The van der Waals surface area contributed by atoms with E-state index in [9.17, 15) is 29.1 Å². The molecule has 62 heavy (non-hydrogen) atoms. The number of carbonyl (C=O) groups is 5. The number of alkyl carbamates (subject to hydrolysis) is 1. The molecular formula is C46H46N8O8. The van der Waals surface area contributed by atoms with Crippen molar-refractivity contribution in [3.8, 4) is 22.8 Å². The summed E-state index contributed by atoms with van der Waals surface area (Å²) in [6.07, 6.45) is 2.16. The minimum Gasteiger partial charge on any atom is -0.465 e. The van der Waals surface area contributed by atoms with Crippen molar-refractivity contribution in [2.24, 2.45) is 0 Å². The molecule has 0 aliphatic carbocycles. The van der Waals surface area contributed by atoms with Crippen molar-refractivity contribution in [2.75, 3.05) is 32.6 Å². The lowest BCUT2D eigenvalue weighted by molar-refractivity contribution is -0.140. The Balaban J connectivity index is 0.981. The van der Waals surface area contributed by atoms with Gasteiger partial charge in [-0.3, -0.25) is 19.3 Å². The number of H-pyrrole nitrogens is 1. The number of anilines is 1. The molecule has 4 heterocycles. The fraction of sp³-hybridized carbons (Fsp3) is 0.283. The third-order valence-corrected chi connectivity index (χ3v) is 11.7. The molecule has 2 aliphatic rings. The molecule has 16 nitrogen and oxygen atoms in total. The molecule has 0 spiro atoms. The first-order chi connectivity index (χ1) is 30.0. The van der Waals surface area contributed by atoms with Gasteiger partial charge in [0.15, 0.2) is 5.76 Å². The van der Waals surface area contributed by atoms with Crippen molar-refractivity contribution in [1.29, 1.82) is 0 Å². The molecule has 8 rings (SSSR count). The van der Waals surface area contributed by atoms with E-state index in [1.807, 2.05) is 49.4 Å². The van der Waals surface area contributed by atoms with Crippen LogP contribution in [-0.4, -0.2) is 98.0 Å². The zero-order chi connectivity index (χ0) is 43.5. The Morgan fingerprint density at radius 2 is 1.60 bits per heavy atom. The van der Waals surface area contributed by atoms with E-state index in [4.69, 9.17) is 14.1 Å². The number of fused-ring (bicyclic) bond motifs is 1. The van der Waals surface area contributed by atoms with Crippen LogP contribution in [0.25, 0.3) is 33.8 Å². The number of hydrogen-bond donors (Lipinski definition) is 4. The van der Waals surface area contributed by atoms with Gasteiger partial charge < -0.3 is 39.7 Å². The summed E-state index contributed by atoms with van der Waals surface area (Å²) < 4.78 is 11.1. The smallest absolute Gasteiger partial charge is 0.407 e. The molecule has 0 saturated carbocycles. The number of carbonyl (C=O) groups excluding carboxylic acids is 4.